The Morgan fingerprint density at radius 3 is 2.23 bits per heavy atom. The van der Waals surface area contributed by atoms with E-state index >= 15 is 0 Å². The van der Waals surface area contributed by atoms with Crippen LogP contribution in [0.25, 0.3) is 0 Å². The molecule has 0 heterocycles. The fourth-order valence-electron chi connectivity index (χ4n) is 2.31. The first-order valence-corrected chi connectivity index (χ1v) is 8.47. The third kappa shape index (κ3) is 8.67. The van der Waals surface area contributed by atoms with Crippen molar-refractivity contribution in [1.29, 1.82) is 0 Å². The maximum absolute atomic E-state index is 11.7. The van der Waals surface area contributed by atoms with Crippen LogP contribution in [0.15, 0.2) is 30.3 Å². The zero-order valence-corrected chi connectivity index (χ0v) is 13.8. The van der Waals surface area contributed by atoms with Gasteiger partial charge in [0.25, 0.3) is 0 Å². The lowest BCUT2D eigenvalue weighted by Crippen LogP contribution is -2.38. The molecule has 0 unspecified atom stereocenters. The molecule has 124 valence electrons. The number of carbonyl (C=O) groups is 1. The van der Waals surface area contributed by atoms with Crippen LogP contribution in [0.2, 0.25) is 0 Å². The predicted octanol–water partition coefficient (Wildman–Crippen LogP) is 4.64. The van der Waals surface area contributed by atoms with E-state index in [4.69, 9.17) is 10.6 Å². The summed E-state index contributed by atoms with van der Waals surface area (Å²) in [5, 5.41) is 1.18. The van der Waals surface area contributed by atoms with Gasteiger partial charge in [0, 0.05) is 6.54 Å². The number of benzene rings is 1. The van der Waals surface area contributed by atoms with Crippen molar-refractivity contribution in [3.05, 3.63) is 35.9 Å². The summed E-state index contributed by atoms with van der Waals surface area (Å²) in [6.07, 6.45) is 9.38. The molecular formula is C18H30N2O2. The Kier molecular flexibility index (Phi) is 10.1. The molecule has 0 atom stereocenters. The van der Waals surface area contributed by atoms with E-state index in [2.05, 4.69) is 6.92 Å². The molecular weight excluding hydrogens is 276 g/mol. The molecule has 0 radical (unpaired) electrons. The van der Waals surface area contributed by atoms with E-state index in [-0.39, 0.29) is 6.61 Å². The lowest BCUT2D eigenvalue weighted by molar-refractivity contribution is 0.0956. The highest BCUT2D eigenvalue weighted by molar-refractivity contribution is 5.66. The normalized spacial score (nSPS) is 10.5. The minimum Gasteiger partial charge on any atom is -0.444 e. The Labute approximate surface area is 134 Å². The number of ether oxygens (including phenoxy) is 1. The Hall–Kier alpha value is -1.55. The summed E-state index contributed by atoms with van der Waals surface area (Å²) >= 11 is 0. The number of rotatable bonds is 11. The number of hydrogen-bond donors (Lipinski definition) is 1. The summed E-state index contributed by atoms with van der Waals surface area (Å²) < 4.78 is 5.17. The van der Waals surface area contributed by atoms with Crippen molar-refractivity contribution in [3.8, 4) is 0 Å². The zero-order valence-electron chi connectivity index (χ0n) is 13.8. The Morgan fingerprint density at radius 2 is 1.59 bits per heavy atom. The van der Waals surface area contributed by atoms with Gasteiger partial charge in [-0.25, -0.2) is 15.6 Å². The average molecular weight is 306 g/mol. The quantitative estimate of drug-likeness (QED) is 0.280. The maximum Gasteiger partial charge on any atom is 0.424 e. The fourth-order valence-corrected chi connectivity index (χ4v) is 2.31. The van der Waals surface area contributed by atoms with E-state index < -0.39 is 6.09 Å². The first-order valence-electron chi connectivity index (χ1n) is 8.47. The van der Waals surface area contributed by atoms with Crippen molar-refractivity contribution < 1.29 is 9.53 Å². The van der Waals surface area contributed by atoms with Crippen LogP contribution in [-0.4, -0.2) is 17.6 Å². The number of hydrazine groups is 1. The van der Waals surface area contributed by atoms with Gasteiger partial charge in [-0.05, 0) is 12.0 Å². The summed E-state index contributed by atoms with van der Waals surface area (Å²) in [4.78, 5) is 11.7. The molecule has 0 aliphatic heterocycles. The van der Waals surface area contributed by atoms with Crippen LogP contribution in [0, 0.1) is 0 Å². The van der Waals surface area contributed by atoms with E-state index in [1.165, 1.54) is 43.5 Å². The Morgan fingerprint density at radius 1 is 1.00 bits per heavy atom. The second-order valence-corrected chi connectivity index (χ2v) is 5.71. The van der Waals surface area contributed by atoms with Crippen molar-refractivity contribution in [2.24, 2.45) is 5.84 Å². The number of carbonyl (C=O) groups excluding carboxylic acids is 1. The van der Waals surface area contributed by atoms with Crippen LogP contribution in [0.5, 0.6) is 0 Å². The van der Waals surface area contributed by atoms with Crippen LogP contribution >= 0.6 is 0 Å². The molecule has 0 saturated carbocycles. The summed E-state index contributed by atoms with van der Waals surface area (Å²) in [6, 6.07) is 9.62. The highest BCUT2D eigenvalue weighted by Gasteiger charge is 2.10. The molecule has 0 spiro atoms. The Bertz CT molecular complexity index is 395. The molecule has 1 rings (SSSR count). The third-order valence-electron chi connectivity index (χ3n) is 3.69. The largest absolute Gasteiger partial charge is 0.444 e. The Balaban J connectivity index is 2.02. The fraction of sp³-hybridized carbons (Fsp3) is 0.611. The van der Waals surface area contributed by atoms with Crippen molar-refractivity contribution in [2.75, 3.05) is 6.54 Å². The van der Waals surface area contributed by atoms with Crippen molar-refractivity contribution >= 4 is 6.09 Å². The molecule has 22 heavy (non-hydrogen) atoms. The standard InChI is InChI=1S/C18H30N2O2/c1-2-3-4-5-6-7-8-12-15-20(19)18(21)22-16-17-13-10-9-11-14-17/h9-11,13-14H,2-8,12,15-16,19H2,1H3. The SMILES string of the molecule is CCCCCCCCCCN(N)C(=O)OCc1ccccc1. The third-order valence-corrected chi connectivity index (χ3v) is 3.69. The lowest BCUT2D eigenvalue weighted by atomic mass is 10.1. The molecule has 1 amide bonds. The van der Waals surface area contributed by atoms with Crippen LogP contribution in [0.3, 0.4) is 0 Å². The number of nitrogens with zero attached hydrogens (tertiary/aromatic N) is 1. The molecule has 1 aromatic rings. The van der Waals surface area contributed by atoms with Crippen LogP contribution < -0.4 is 5.84 Å². The van der Waals surface area contributed by atoms with Gasteiger partial charge in [0.1, 0.15) is 6.61 Å². The van der Waals surface area contributed by atoms with Gasteiger partial charge in [-0.15, -0.1) is 0 Å². The molecule has 2 N–H and O–H groups in total. The average Bonchev–Trinajstić information content (AvgIpc) is 2.55. The van der Waals surface area contributed by atoms with Gasteiger partial charge in [0.2, 0.25) is 0 Å². The molecule has 1 aromatic carbocycles. The number of unbranched alkanes of at least 4 members (excludes halogenated alkanes) is 7. The molecule has 4 heteroatoms. The smallest absolute Gasteiger partial charge is 0.424 e. The van der Waals surface area contributed by atoms with Gasteiger partial charge in [-0.1, -0.05) is 82.2 Å². The van der Waals surface area contributed by atoms with Crippen LogP contribution in [-0.2, 0) is 11.3 Å². The monoisotopic (exact) mass is 306 g/mol. The van der Waals surface area contributed by atoms with Crippen LogP contribution in [0.1, 0.15) is 63.9 Å². The van der Waals surface area contributed by atoms with Crippen LogP contribution in [0.4, 0.5) is 4.79 Å². The van der Waals surface area contributed by atoms with Crippen molar-refractivity contribution in [2.45, 2.75) is 64.9 Å². The van der Waals surface area contributed by atoms with Crippen molar-refractivity contribution in [3.63, 3.8) is 0 Å². The highest BCUT2D eigenvalue weighted by Crippen LogP contribution is 2.09. The van der Waals surface area contributed by atoms with Gasteiger partial charge in [-0.3, -0.25) is 0 Å². The second-order valence-electron chi connectivity index (χ2n) is 5.71. The van der Waals surface area contributed by atoms with E-state index in [1.807, 2.05) is 30.3 Å². The molecule has 0 bridgehead atoms. The van der Waals surface area contributed by atoms with Gasteiger partial charge in [-0.2, -0.15) is 0 Å². The van der Waals surface area contributed by atoms with Gasteiger partial charge >= 0.3 is 6.09 Å². The first kappa shape index (κ1) is 18.5. The molecule has 0 fully saturated rings. The second kappa shape index (κ2) is 12.0. The summed E-state index contributed by atoms with van der Waals surface area (Å²) in [7, 11) is 0. The minimum atomic E-state index is -0.452. The van der Waals surface area contributed by atoms with Gasteiger partial charge < -0.3 is 4.74 Å². The molecule has 0 aromatic heterocycles. The minimum absolute atomic E-state index is 0.269. The number of hydrogen-bond acceptors (Lipinski definition) is 3. The molecule has 0 saturated heterocycles. The van der Waals surface area contributed by atoms with E-state index in [0.717, 1.165) is 18.4 Å². The summed E-state index contributed by atoms with van der Waals surface area (Å²) in [6.45, 7) is 3.06. The molecule has 0 aliphatic carbocycles. The van der Waals surface area contributed by atoms with E-state index in [9.17, 15) is 4.79 Å². The predicted molar refractivity (Wildman–Crippen MR) is 90.1 cm³/mol. The number of nitrogens with two attached hydrogens (primary N) is 1. The van der Waals surface area contributed by atoms with Crippen molar-refractivity contribution in [1.82, 2.24) is 5.01 Å². The summed E-state index contributed by atoms with van der Waals surface area (Å²) in [5.74, 6) is 5.72. The molecule has 4 nitrogen and oxygen atoms in total. The summed E-state index contributed by atoms with van der Waals surface area (Å²) in [5.41, 5.74) is 0.969. The zero-order chi connectivity index (χ0) is 16.0. The first-order chi connectivity index (χ1) is 10.7. The van der Waals surface area contributed by atoms with Gasteiger partial charge in [0.05, 0.1) is 0 Å². The maximum atomic E-state index is 11.7. The highest BCUT2D eigenvalue weighted by atomic mass is 16.6. The van der Waals surface area contributed by atoms with Gasteiger partial charge in [0.15, 0.2) is 0 Å². The number of amides is 1. The molecule has 0 aliphatic rings. The van der Waals surface area contributed by atoms with E-state index in [1.54, 1.807) is 0 Å². The van der Waals surface area contributed by atoms with E-state index in [0.29, 0.717) is 6.54 Å². The topological polar surface area (TPSA) is 55.6 Å². The lowest BCUT2D eigenvalue weighted by Gasteiger charge is -2.16.